The van der Waals surface area contributed by atoms with Gasteiger partial charge in [0.25, 0.3) is 5.91 Å². The van der Waals surface area contributed by atoms with E-state index in [4.69, 9.17) is 11.6 Å². The van der Waals surface area contributed by atoms with Crippen molar-refractivity contribution in [1.82, 2.24) is 0 Å². The van der Waals surface area contributed by atoms with Crippen molar-refractivity contribution in [3.05, 3.63) is 63.2 Å². The van der Waals surface area contributed by atoms with Gasteiger partial charge in [-0.3, -0.25) is 4.79 Å². The SMILES string of the molecule is Cc1cc(C)c(NC(=O)c2cccc(C)c2C)c(Cl)c1. The Balaban J connectivity index is 2.36. The fourth-order valence-corrected chi connectivity index (χ4v) is 2.62. The molecule has 1 N–H and O–H groups in total. The molecule has 104 valence electrons. The number of rotatable bonds is 2. The van der Waals surface area contributed by atoms with Crippen molar-refractivity contribution >= 4 is 23.2 Å². The summed E-state index contributed by atoms with van der Waals surface area (Å²) in [5, 5.41) is 3.49. The summed E-state index contributed by atoms with van der Waals surface area (Å²) in [5.74, 6) is -0.125. The number of halogens is 1. The van der Waals surface area contributed by atoms with Crippen molar-refractivity contribution in [2.24, 2.45) is 0 Å². The Morgan fingerprint density at radius 2 is 1.75 bits per heavy atom. The van der Waals surface area contributed by atoms with Gasteiger partial charge in [-0.15, -0.1) is 0 Å². The summed E-state index contributed by atoms with van der Waals surface area (Å²) in [7, 11) is 0. The molecule has 2 aromatic carbocycles. The molecule has 0 spiro atoms. The summed E-state index contributed by atoms with van der Waals surface area (Å²) in [6.07, 6.45) is 0. The molecule has 2 rings (SSSR count). The third kappa shape index (κ3) is 2.86. The fraction of sp³-hybridized carbons (Fsp3) is 0.235. The molecule has 0 bridgehead atoms. The molecule has 0 fully saturated rings. The van der Waals surface area contributed by atoms with E-state index >= 15 is 0 Å². The second kappa shape index (κ2) is 5.68. The monoisotopic (exact) mass is 287 g/mol. The fourth-order valence-electron chi connectivity index (χ4n) is 2.25. The number of aryl methyl sites for hydroxylation is 3. The van der Waals surface area contributed by atoms with Crippen LogP contribution in [0, 0.1) is 27.7 Å². The summed E-state index contributed by atoms with van der Waals surface area (Å²) >= 11 is 6.22. The van der Waals surface area contributed by atoms with E-state index in [0.717, 1.165) is 22.3 Å². The van der Waals surface area contributed by atoms with Gasteiger partial charge in [-0.25, -0.2) is 0 Å². The molecule has 0 heterocycles. The van der Waals surface area contributed by atoms with Gasteiger partial charge in [0.2, 0.25) is 0 Å². The zero-order valence-electron chi connectivity index (χ0n) is 12.2. The first kappa shape index (κ1) is 14.6. The Kier molecular flexibility index (Phi) is 4.15. The highest BCUT2D eigenvalue weighted by molar-refractivity contribution is 6.34. The van der Waals surface area contributed by atoms with Gasteiger partial charge < -0.3 is 5.32 Å². The van der Waals surface area contributed by atoms with Crippen LogP contribution in [0.25, 0.3) is 0 Å². The molecule has 0 saturated heterocycles. The molecule has 2 aromatic rings. The Hall–Kier alpha value is -1.80. The number of anilines is 1. The number of nitrogens with one attached hydrogen (secondary N) is 1. The first-order valence-electron chi connectivity index (χ1n) is 6.54. The summed E-state index contributed by atoms with van der Waals surface area (Å²) in [6.45, 7) is 7.87. The highest BCUT2D eigenvalue weighted by Crippen LogP contribution is 2.28. The van der Waals surface area contributed by atoms with E-state index in [1.807, 2.05) is 58.0 Å². The quantitative estimate of drug-likeness (QED) is 0.842. The Bertz CT molecular complexity index is 654. The summed E-state index contributed by atoms with van der Waals surface area (Å²) in [4.78, 5) is 12.4. The summed E-state index contributed by atoms with van der Waals surface area (Å²) in [5.41, 5.74) is 5.50. The van der Waals surface area contributed by atoms with Crippen molar-refractivity contribution in [3.63, 3.8) is 0 Å². The molecule has 0 radical (unpaired) electrons. The largest absolute Gasteiger partial charge is 0.320 e. The minimum absolute atomic E-state index is 0.125. The zero-order valence-corrected chi connectivity index (χ0v) is 12.9. The molecule has 1 amide bonds. The van der Waals surface area contributed by atoms with Gasteiger partial charge in [-0.1, -0.05) is 29.8 Å². The molecule has 0 aliphatic rings. The van der Waals surface area contributed by atoms with Gasteiger partial charge in [0, 0.05) is 5.56 Å². The van der Waals surface area contributed by atoms with Crippen molar-refractivity contribution in [2.75, 3.05) is 5.32 Å². The van der Waals surface area contributed by atoms with Crippen LogP contribution in [0.2, 0.25) is 5.02 Å². The molecular formula is C17H18ClNO. The highest BCUT2D eigenvalue weighted by atomic mass is 35.5. The summed E-state index contributed by atoms with van der Waals surface area (Å²) < 4.78 is 0. The molecule has 2 nitrogen and oxygen atoms in total. The summed E-state index contributed by atoms with van der Waals surface area (Å²) in [6, 6.07) is 9.57. The van der Waals surface area contributed by atoms with Crippen LogP contribution in [-0.2, 0) is 0 Å². The maximum Gasteiger partial charge on any atom is 0.255 e. The maximum absolute atomic E-state index is 12.4. The smallest absolute Gasteiger partial charge is 0.255 e. The van der Waals surface area contributed by atoms with E-state index in [1.54, 1.807) is 0 Å². The van der Waals surface area contributed by atoms with Crippen LogP contribution in [0.4, 0.5) is 5.69 Å². The molecule has 20 heavy (non-hydrogen) atoms. The van der Waals surface area contributed by atoms with Crippen LogP contribution >= 0.6 is 11.6 Å². The van der Waals surface area contributed by atoms with Gasteiger partial charge in [-0.05, 0) is 62.1 Å². The lowest BCUT2D eigenvalue weighted by molar-refractivity contribution is 0.102. The van der Waals surface area contributed by atoms with Crippen LogP contribution < -0.4 is 5.32 Å². The first-order valence-corrected chi connectivity index (χ1v) is 6.92. The number of carbonyl (C=O) groups is 1. The minimum atomic E-state index is -0.125. The Labute approximate surface area is 124 Å². The maximum atomic E-state index is 12.4. The van der Waals surface area contributed by atoms with E-state index < -0.39 is 0 Å². The Morgan fingerprint density at radius 3 is 2.40 bits per heavy atom. The normalized spacial score (nSPS) is 10.4. The third-order valence-corrected chi connectivity index (χ3v) is 3.82. The number of carbonyl (C=O) groups excluding carboxylic acids is 1. The third-order valence-electron chi connectivity index (χ3n) is 3.52. The lowest BCUT2D eigenvalue weighted by Crippen LogP contribution is -2.15. The molecule has 0 aromatic heterocycles. The topological polar surface area (TPSA) is 29.1 Å². The van der Waals surface area contributed by atoms with Gasteiger partial charge in [0.05, 0.1) is 10.7 Å². The average Bonchev–Trinajstić information content (AvgIpc) is 2.36. The predicted molar refractivity (Wildman–Crippen MR) is 84.8 cm³/mol. The van der Waals surface area contributed by atoms with E-state index in [1.165, 1.54) is 0 Å². The van der Waals surface area contributed by atoms with Gasteiger partial charge in [0.1, 0.15) is 0 Å². The number of hydrogen-bond donors (Lipinski definition) is 1. The minimum Gasteiger partial charge on any atom is -0.320 e. The molecule has 3 heteroatoms. The van der Waals surface area contributed by atoms with E-state index in [9.17, 15) is 4.79 Å². The first-order chi connectivity index (χ1) is 9.40. The van der Waals surface area contributed by atoms with E-state index in [2.05, 4.69) is 5.32 Å². The van der Waals surface area contributed by atoms with E-state index in [0.29, 0.717) is 16.3 Å². The lowest BCUT2D eigenvalue weighted by atomic mass is 10.0. The number of benzene rings is 2. The van der Waals surface area contributed by atoms with Crippen molar-refractivity contribution in [1.29, 1.82) is 0 Å². The molecular weight excluding hydrogens is 270 g/mol. The Morgan fingerprint density at radius 1 is 1.05 bits per heavy atom. The molecule has 0 unspecified atom stereocenters. The second-order valence-corrected chi connectivity index (χ2v) is 5.55. The van der Waals surface area contributed by atoms with Crippen molar-refractivity contribution in [3.8, 4) is 0 Å². The zero-order chi connectivity index (χ0) is 14.9. The van der Waals surface area contributed by atoms with E-state index in [-0.39, 0.29) is 5.91 Å². The molecule has 0 saturated carbocycles. The molecule has 0 aliphatic carbocycles. The van der Waals surface area contributed by atoms with Crippen LogP contribution in [0.5, 0.6) is 0 Å². The van der Waals surface area contributed by atoms with Crippen LogP contribution in [0.15, 0.2) is 30.3 Å². The van der Waals surface area contributed by atoms with Crippen molar-refractivity contribution in [2.45, 2.75) is 27.7 Å². The average molecular weight is 288 g/mol. The van der Waals surface area contributed by atoms with Gasteiger partial charge in [0.15, 0.2) is 0 Å². The number of hydrogen-bond acceptors (Lipinski definition) is 1. The van der Waals surface area contributed by atoms with Crippen LogP contribution in [-0.4, -0.2) is 5.91 Å². The van der Waals surface area contributed by atoms with Crippen LogP contribution in [0.1, 0.15) is 32.6 Å². The molecule has 0 atom stereocenters. The van der Waals surface area contributed by atoms with Crippen molar-refractivity contribution < 1.29 is 4.79 Å². The predicted octanol–water partition coefficient (Wildman–Crippen LogP) is 4.83. The number of amides is 1. The second-order valence-electron chi connectivity index (χ2n) is 5.14. The van der Waals surface area contributed by atoms with Gasteiger partial charge >= 0.3 is 0 Å². The standard InChI is InChI=1S/C17H18ClNO/c1-10-8-12(3)16(15(18)9-10)19-17(20)14-7-5-6-11(2)13(14)4/h5-9H,1-4H3,(H,19,20). The van der Waals surface area contributed by atoms with Crippen LogP contribution in [0.3, 0.4) is 0 Å². The van der Waals surface area contributed by atoms with Gasteiger partial charge in [-0.2, -0.15) is 0 Å². The molecule has 0 aliphatic heterocycles. The highest BCUT2D eigenvalue weighted by Gasteiger charge is 2.13. The lowest BCUT2D eigenvalue weighted by Gasteiger charge is -2.13.